The molecule has 72 valence electrons. The summed E-state index contributed by atoms with van der Waals surface area (Å²) >= 11 is 2.14. The van der Waals surface area contributed by atoms with E-state index < -0.39 is 0 Å². The monoisotopic (exact) mass is 186 g/mol. The molecule has 0 aromatic heterocycles. The van der Waals surface area contributed by atoms with E-state index in [1.807, 2.05) is 0 Å². The molecule has 0 nitrogen and oxygen atoms in total. The molecule has 1 aliphatic heterocycles. The maximum absolute atomic E-state index is 2.38. The minimum atomic E-state index is 0.892. The van der Waals surface area contributed by atoms with Crippen LogP contribution in [0.15, 0.2) is 0 Å². The third kappa shape index (κ3) is 2.69. The van der Waals surface area contributed by atoms with Gasteiger partial charge in [-0.3, -0.25) is 0 Å². The molecule has 0 amide bonds. The van der Waals surface area contributed by atoms with Crippen LogP contribution in [-0.4, -0.2) is 11.5 Å². The number of hydrogen-bond donors (Lipinski definition) is 0. The fraction of sp³-hybridized carbons (Fsp3) is 1.00. The summed E-state index contributed by atoms with van der Waals surface area (Å²) in [5.41, 5.74) is 0. The molecule has 0 saturated carbocycles. The van der Waals surface area contributed by atoms with Crippen LogP contribution < -0.4 is 0 Å². The number of rotatable bonds is 3. The zero-order chi connectivity index (χ0) is 8.97. The highest BCUT2D eigenvalue weighted by molar-refractivity contribution is 7.99. The molecule has 0 aromatic rings. The van der Waals surface area contributed by atoms with Gasteiger partial charge in [-0.15, -0.1) is 0 Å². The van der Waals surface area contributed by atoms with Gasteiger partial charge in [-0.25, -0.2) is 0 Å². The van der Waals surface area contributed by atoms with Crippen LogP contribution in [0, 0.1) is 17.8 Å². The van der Waals surface area contributed by atoms with Gasteiger partial charge in [0, 0.05) is 0 Å². The van der Waals surface area contributed by atoms with Crippen LogP contribution in [0.25, 0.3) is 0 Å². The molecule has 1 heterocycles. The standard InChI is InChI=1S/C11H22S/c1-4-11(9(2)3)10-5-7-12-8-6-10/h9-11H,4-8H2,1-3H3. The molecule has 12 heavy (non-hydrogen) atoms. The first-order valence-corrected chi connectivity index (χ1v) is 6.49. The second-order valence-corrected chi connectivity index (χ2v) is 5.49. The first-order chi connectivity index (χ1) is 5.75. The van der Waals surface area contributed by atoms with E-state index in [1.54, 1.807) is 0 Å². The Hall–Kier alpha value is 0.350. The van der Waals surface area contributed by atoms with Crippen LogP contribution in [0.3, 0.4) is 0 Å². The molecule has 1 aliphatic rings. The van der Waals surface area contributed by atoms with Crippen molar-refractivity contribution in [1.82, 2.24) is 0 Å². The second-order valence-electron chi connectivity index (χ2n) is 4.27. The summed E-state index contributed by atoms with van der Waals surface area (Å²) in [5.74, 6) is 5.74. The zero-order valence-electron chi connectivity index (χ0n) is 8.68. The Labute approximate surface area is 81.5 Å². The van der Waals surface area contributed by atoms with Crippen molar-refractivity contribution in [1.29, 1.82) is 0 Å². The van der Waals surface area contributed by atoms with Crippen LogP contribution in [-0.2, 0) is 0 Å². The van der Waals surface area contributed by atoms with Crippen molar-refractivity contribution in [2.24, 2.45) is 17.8 Å². The van der Waals surface area contributed by atoms with Gasteiger partial charge in [0.05, 0.1) is 0 Å². The molecule has 1 fully saturated rings. The summed E-state index contributed by atoms with van der Waals surface area (Å²) in [6.07, 6.45) is 4.33. The van der Waals surface area contributed by atoms with Crippen molar-refractivity contribution < 1.29 is 0 Å². The van der Waals surface area contributed by atoms with Crippen LogP contribution in [0.5, 0.6) is 0 Å². The van der Waals surface area contributed by atoms with E-state index >= 15 is 0 Å². The summed E-state index contributed by atoms with van der Waals surface area (Å²) in [4.78, 5) is 0. The van der Waals surface area contributed by atoms with Gasteiger partial charge in [-0.05, 0) is 42.1 Å². The Morgan fingerprint density at radius 1 is 1.25 bits per heavy atom. The Morgan fingerprint density at radius 2 is 1.83 bits per heavy atom. The Bertz CT molecular complexity index is 114. The maximum atomic E-state index is 2.38. The van der Waals surface area contributed by atoms with Crippen LogP contribution in [0.2, 0.25) is 0 Å². The van der Waals surface area contributed by atoms with Gasteiger partial charge in [0.2, 0.25) is 0 Å². The smallest absolute Gasteiger partial charge is 0.00648 e. The lowest BCUT2D eigenvalue weighted by molar-refractivity contribution is 0.231. The van der Waals surface area contributed by atoms with E-state index in [0.29, 0.717) is 0 Å². The quantitative estimate of drug-likeness (QED) is 0.646. The molecule has 0 spiro atoms. The second kappa shape index (κ2) is 5.16. The summed E-state index contributed by atoms with van der Waals surface area (Å²) in [7, 11) is 0. The zero-order valence-corrected chi connectivity index (χ0v) is 9.49. The normalized spacial score (nSPS) is 23.0. The summed E-state index contributed by atoms with van der Waals surface area (Å²) in [5, 5.41) is 0. The predicted molar refractivity (Wildman–Crippen MR) is 58.7 cm³/mol. The molecule has 0 radical (unpaired) electrons. The molecule has 1 unspecified atom stereocenters. The van der Waals surface area contributed by atoms with E-state index in [2.05, 4.69) is 32.5 Å². The molecular weight excluding hydrogens is 164 g/mol. The van der Waals surface area contributed by atoms with E-state index in [9.17, 15) is 0 Å². The minimum Gasteiger partial charge on any atom is -0.162 e. The largest absolute Gasteiger partial charge is 0.162 e. The van der Waals surface area contributed by atoms with Crippen LogP contribution in [0.4, 0.5) is 0 Å². The molecule has 0 N–H and O–H groups in total. The molecule has 1 rings (SSSR count). The van der Waals surface area contributed by atoms with E-state index in [4.69, 9.17) is 0 Å². The topological polar surface area (TPSA) is 0 Å². The Balaban J connectivity index is 2.40. The van der Waals surface area contributed by atoms with Crippen molar-refractivity contribution in [3.63, 3.8) is 0 Å². The number of thioether (sulfide) groups is 1. The third-order valence-corrected chi connectivity index (χ3v) is 4.25. The Morgan fingerprint density at radius 3 is 2.25 bits per heavy atom. The van der Waals surface area contributed by atoms with Gasteiger partial charge >= 0.3 is 0 Å². The summed E-state index contributed by atoms with van der Waals surface area (Å²) in [6.45, 7) is 7.12. The average Bonchev–Trinajstić information content (AvgIpc) is 2.07. The average molecular weight is 186 g/mol. The lowest BCUT2D eigenvalue weighted by Crippen LogP contribution is -2.23. The molecule has 0 bridgehead atoms. The SMILES string of the molecule is CCC(C(C)C)C1CCSCC1. The molecule has 1 heteroatoms. The van der Waals surface area contributed by atoms with E-state index in [-0.39, 0.29) is 0 Å². The van der Waals surface area contributed by atoms with Gasteiger partial charge in [-0.1, -0.05) is 27.2 Å². The molecular formula is C11H22S. The highest BCUT2D eigenvalue weighted by Gasteiger charge is 2.24. The third-order valence-electron chi connectivity index (χ3n) is 3.20. The van der Waals surface area contributed by atoms with Crippen molar-refractivity contribution in [2.75, 3.05) is 11.5 Å². The molecule has 0 aliphatic carbocycles. The van der Waals surface area contributed by atoms with Gasteiger partial charge < -0.3 is 0 Å². The predicted octanol–water partition coefficient (Wildman–Crippen LogP) is 3.81. The minimum absolute atomic E-state index is 0.892. The van der Waals surface area contributed by atoms with Gasteiger partial charge in [0.25, 0.3) is 0 Å². The van der Waals surface area contributed by atoms with E-state index in [1.165, 1.54) is 30.8 Å². The van der Waals surface area contributed by atoms with E-state index in [0.717, 1.165) is 17.8 Å². The van der Waals surface area contributed by atoms with Gasteiger partial charge in [0.15, 0.2) is 0 Å². The van der Waals surface area contributed by atoms with Crippen molar-refractivity contribution in [3.05, 3.63) is 0 Å². The van der Waals surface area contributed by atoms with Gasteiger partial charge in [0.1, 0.15) is 0 Å². The first-order valence-electron chi connectivity index (χ1n) is 5.33. The lowest BCUT2D eigenvalue weighted by atomic mass is 9.78. The highest BCUT2D eigenvalue weighted by Crippen LogP contribution is 2.34. The van der Waals surface area contributed by atoms with Crippen molar-refractivity contribution in [3.8, 4) is 0 Å². The lowest BCUT2D eigenvalue weighted by Gasteiger charge is -2.32. The fourth-order valence-corrected chi connectivity index (χ4v) is 3.64. The Kier molecular flexibility index (Phi) is 4.49. The molecule has 0 aromatic carbocycles. The van der Waals surface area contributed by atoms with Crippen LogP contribution >= 0.6 is 11.8 Å². The summed E-state index contributed by atoms with van der Waals surface area (Å²) in [6, 6.07) is 0. The first kappa shape index (κ1) is 10.4. The molecule has 1 saturated heterocycles. The summed E-state index contributed by atoms with van der Waals surface area (Å²) < 4.78 is 0. The molecule has 1 atom stereocenters. The maximum Gasteiger partial charge on any atom is -0.00648 e. The fourth-order valence-electron chi connectivity index (χ4n) is 2.49. The highest BCUT2D eigenvalue weighted by atomic mass is 32.2. The van der Waals surface area contributed by atoms with Crippen molar-refractivity contribution in [2.45, 2.75) is 40.0 Å². The van der Waals surface area contributed by atoms with Crippen molar-refractivity contribution >= 4 is 11.8 Å². The van der Waals surface area contributed by atoms with Gasteiger partial charge in [-0.2, -0.15) is 11.8 Å². The number of hydrogen-bond acceptors (Lipinski definition) is 1. The van der Waals surface area contributed by atoms with Crippen LogP contribution in [0.1, 0.15) is 40.0 Å².